The van der Waals surface area contributed by atoms with Gasteiger partial charge in [-0.05, 0) is 53.8 Å². The van der Waals surface area contributed by atoms with Crippen LogP contribution in [-0.2, 0) is 9.59 Å². The van der Waals surface area contributed by atoms with Crippen LogP contribution in [0, 0.1) is 5.41 Å². The van der Waals surface area contributed by atoms with Crippen LogP contribution in [0.3, 0.4) is 0 Å². The lowest BCUT2D eigenvalue weighted by molar-refractivity contribution is -0.124. The van der Waals surface area contributed by atoms with Gasteiger partial charge in [0.15, 0.2) is 0 Å². The number of nitrogens with one attached hydrogen (secondary N) is 1. The molecule has 0 bridgehead atoms. The van der Waals surface area contributed by atoms with E-state index in [1.54, 1.807) is 30.3 Å². The van der Waals surface area contributed by atoms with Gasteiger partial charge in [-0.25, -0.2) is 0 Å². The van der Waals surface area contributed by atoms with Crippen molar-refractivity contribution in [3.63, 3.8) is 0 Å². The first-order valence-electron chi connectivity index (χ1n) is 9.31. The molecule has 1 heterocycles. The van der Waals surface area contributed by atoms with Crippen LogP contribution in [0.1, 0.15) is 44.6 Å². The van der Waals surface area contributed by atoms with Crippen LogP contribution in [0.5, 0.6) is 0 Å². The van der Waals surface area contributed by atoms with Gasteiger partial charge in [-0.2, -0.15) is 0 Å². The number of halogens is 3. The number of carbonyl (C=O) groups is 3. The summed E-state index contributed by atoms with van der Waals surface area (Å²) in [5.74, 6) is -1.01. The van der Waals surface area contributed by atoms with Crippen molar-refractivity contribution in [2.75, 3.05) is 11.9 Å². The molecule has 0 spiro atoms. The number of imide groups is 1. The van der Waals surface area contributed by atoms with E-state index >= 15 is 0 Å². The van der Waals surface area contributed by atoms with Gasteiger partial charge in [-0.3, -0.25) is 19.3 Å². The molecule has 1 saturated heterocycles. The van der Waals surface area contributed by atoms with E-state index in [9.17, 15) is 14.4 Å². The van der Waals surface area contributed by atoms with E-state index in [1.807, 2.05) is 0 Å². The van der Waals surface area contributed by atoms with Gasteiger partial charge in [-0.1, -0.05) is 73.1 Å². The smallest absolute Gasteiger partial charge is 0.293 e. The number of carbonyl (C=O) groups excluding carboxylic acids is 3. The Morgan fingerprint density at radius 2 is 1.79 bits per heavy atom. The maximum atomic E-state index is 12.8. The summed E-state index contributed by atoms with van der Waals surface area (Å²) in [6.45, 7) is 2.63. The number of alkyl halides is 3. The fourth-order valence-corrected chi connectivity index (χ4v) is 4.58. The number of amides is 3. The maximum absolute atomic E-state index is 12.8. The Morgan fingerprint density at radius 1 is 1.17 bits per heavy atom. The van der Waals surface area contributed by atoms with Crippen molar-refractivity contribution in [1.29, 1.82) is 0 Å². The summed E-state index contributed by atoms with van der Waals surface area (Å²) in [6.07, 6.45) is 7.25. The molecule has 9 heteroatoms. The minimum Gasteiger partial charge on any atom is -0.322 e. The lowest BCUT2D eigenvalue weighted by atomic mass is 9.75. The Morgan fingerprint density at radius 3 is 2.38 bits per heavy atom. The van der Waals surface area contributed by atoms with E-state index in [2.05, 4.69) is 12.2 Å². The zero-order valence-electron chi connectivity index (χ0n) is 15.8. The van der Waals surface area contributed by atoms with Gasteiger partial charge in [0.25, 0.3) is 20.8 Å². The molecule has 1 N–H and O–H groups in total. The van der Waals surface area contributed by atoms with Crippen LogP contribution in [0.4, 0.5) is 10.5 Å². The molecule has 29 heavy (non-hydrogen) atoms. The molecule has 1 aromatic rings. The van der Waals surface area contributed by atoms with Crippen molar-refractivity contribution in [3.8, 4) is 0 Å². The Bertz CT molecular complexity index is 844. The topological polar surface area (TPSA) is 66.5 Å². The van der Waals surface area contributed by atoms with Gasteiger partial charge in [0.05, 0.1) is 4.91 Å². The Balaban J connectivity index is 1.68. The third-order valence-electron chi connectivity index (χ3n) is 5.20. The Labute approximate surface area is 189 Å². The molecule has 5 nitrogen and oxygen atoms in total. The number of benzene rings is 1. The van der Waals surface area contributed by atoms with Crippen molar-refractivity contribution >= 4 is 75.4 Å². The second-order valence-corrected chi connectivity index (χ2v) is 11.0. The monoisotopic (exact) mass is 474 g/mol. The fraction of sp³-hybridized carbons (Fsp3) is 0.450. The lowest BCUT2D eigenvalue weighted by Crippen LogP contribution is -2.39. The second kappa shape index (κ2) is 8.88. The molecule has 2 fully saturated rings. The zero-order valence-corrected chi connectivity index (χ0v) is 18.9. The summed E-state index contributed by atoms with van der Waals surface area (Å²) >= 11 is 17.6. The molecular weight excluding hydrogens is 455 g/mol. The van der Waals surface area contributed by atoms with E-state index in [-0.39, 0.29) is 16.6 Å². The lowest BCUT2D eigenvalue weighted by Gasteiger charge is -2.35. The molecule has 2 aliphatic rings. The number of hydrogen-bond acceptors (Lipinski definition) is 4. The third kappa shape index (κ3) is 5.69. The van der Waals surface area contributed by atoms with Crippen LogP contribution >= 0.6 is 46.6 Å². The first-order valence-corrected chi connectivity index (χ1v) is 11.3. The van der Waals surface area contributed by atoms with Crippen LogP contribution in [-0.4, -0.2) is 32.3 Å². The first kappa shape index (κ1) is 22.5. The standard InChI is InChI=1S/C20H21Cl3N2O3S/c1-19(9-3-2-4-10-19)12-25-16(26)15(29-18(25)28)11-13-5-7-14(8-6-13)24-17(27)20(21,22)23/h5-8,11H,2-4,9-10,12H2,1H3,(H,24,27)/b15-11-. The predicted molar refractivity (Wildman–Crippen MR) is 119 cm³/mol. The number of thioether (sulfide) groups is 1. The Kier molecular flexibility index (Phi) is 6.88. The van der Waals surface area contributed by atoms with Crippen LogP contribution < -0.4 is 5.32 Å². The SMILES string of the molecule is CC1(CN2C(=O)S/C(=C\c3ccc(NC(=O)C(Cl)(Cl)Cl)cc3)C2=O)CCCCC1. The summed E-state index contributed by atoms with van der Waals surface area (Å²) in [5.41, 5.74) is 1.19. The quantitative estimate of drug-likeness (QED) is 0.428. The van der Waals surface area contributed by atoms with Gasteiger partial charge < -0.3 is 5.32 Å². The molecule has 0 aromatic heterocycles. The molecule has 1 aromatic carbocycles. The summed E-state index contributed by atoms with van der Waals surface area (Å²) in [4.78, 5) is 38.6. The highest BCUT2D eigenvalue weighted by Gasteiger charge is 2.40. The molecule has 0 unspecified atom stereocenters. The molecular formula is C20H21Cl3N2O3S. The van der Waals surface area contributed by atoms with Crippen LogP contribution in [0.15, 0.2) is 29.2 Å². The molecule has 156 valence electrons. The first-order chi connectivity index (χ1) is 13.6. The van der Waals surface area contributed by atoms with Crippen molar-refractivity contribution < 1.29 is 14.4 Å². The van der Waals surface area contributed by atoms with E-state index in [0.29, 0.717) is 17.1 Å². The van der Waals surface area contributed by atoms with Crippen molar-refractivity contribution in [3.05, 3.63) is 34.7 Å². The third-order valence-corrected chi connectivity index (χ3v) is 6.62. The minimum atomic E-state index is -2.05. The van der Waals surface area contributed by atoms with Gasteiger partial charge in [0, 0.05) is 12.2 Å². The van der Waals surface area contributed by atoms with Gasteiger partial charge in [-0.15, -0.1) is 0 Å². The van der Waals surface area contributed by atoms with E-state index < -0.39 is 9.70 Å². The van der Waals surface area contributed by atoms with Crippen LogP contribution in [0.2, 0.25) is 0 Å². The highest BCUT2D eigenvalue weighted by atomic mass is 35.6. The molecule has 1 aliphatic heterocycles. The molecule has 3 rings (SSSR count). The number of hydrogen-bond donors (Lipinski definition) is 1. The molecule has 1 aliphatic carbocycles. The largest absolute Gasteiger partial charge is 0.322 e. The minimum absolute atomic E-state index is 0.00190. The fourth-order valence-electron chi connectivity index (χ4n) is 3.60. The number of rotatable bonds is 4. The number of anilines is 1. The molecule has 0 atom stereocenters. The van der Waals surface area contributed by atoms with Crippen molar-refractivity contribution in [2.45, 2.75) is 42.8 Å². The van der Waals surface area contributed by atoms with E-state index in [4.69, 9.17) is 34.8 Å². The van der Waals surface area contributed by atoms with E-state index in [1.165, 1.54) is 11.3 Å². The van der Waals surface area contributed by atoms with Crippen molar-refractivity contribution in [1.82, 2.24) is 4.90 Å². The highest BCUT2D eigenvalue weighted by molar-refractivity contribution is 8.18. The zero-order chi connectivity index (χ0) is 21.2. The van der Waals surface area contributed by atoms with Crippen molar-refractivity contribution in [2.24, 2.45) is 5.41 Å². The molecule has 3 amide bonds. The van der Waals surface area contributed by atoms with Gasteiger partial charge in [0.1, 0.15) is 0 Å². The normalized spacial score (nSPS) is 21.0. The summed E-state index contributed by atoms with van der Waals surface area (Å²) in [5, 5.41) is 2.26. The summed E-state index contributed by atoms with van der Waals surface area (Å²) < 4.78 is -2.05. The highest BCUT2D eigenvalue weighted by Crippen LogP contribution is 2.40. The average Bonchev–Trinajstić information content (AvgIpc) is 2.90. The molecule has 0 radical (unpaired) electrons. The predicted octanol–water partition coefficient (Wildman–Crippen LogP) is 6.00. The average molecular weight is 476 g/mol. The summed E-state index contributed by atoms with van der Waals surface area (Å²) in [7, 11) is 0. The van der Waals surface area contributed by atoms with E-state index in [0.717, 1.165) is 43.0 Å². The molecule has 1 saturated carbocycles. The number of nitrogens with zero attached hydrogens (tertiary/aromatic N) is 1. The second-order valence-electron chi connectivity index (χ2n) is 7.71. The Hall–Kier alpha value is -1.21. The van der Waals surface area contributed by atoms with Gasteiger partial charge >= 0.3 is 0 Å². The maximum Gasteiger partial charge on any atom is 0.293 e. The summed E-state index contributed by atoms with van der Waals surface area (Å²) in [6, 6.07) is 6.69. The van der Waals surface area contributed by atoms with Gasteiger partial charge in [0.2, 0.25) is 0 Å². The van der Waals surface area contributed by atoms with Crippen LogP contribution in [0.25, 0.3) is 6.08 Å².